The fourth-order valence-electron chi connectivity index (χ4n) is 5.01. The number of aliphatic hydroxyl groups is 2. The molecule has 2 fully saturated rings. The van der Waals surface area contributed by atoms with E-state index < -0.39 is 24.0 Å². The average Bonchev–Trinajstić information content (AvgIpc) is 3.49. The molecule has 0 amide bonds. The third-order valence-electron chi connectivity index (χ3n) is 6.94. The van der Waals surface area contributed by atoms with Gasteiger partial charge in [0.15, 0.2) is 6.23 Å². The highest BCUT2D eigenvalue weighted by atomic mass is 16.6. The van der Waals surface area contributed by atoms with Gasteiger partial charge in [-0.25, -0.2) is 9.97 Å². The van der Waals surface area contributed by atoms with Gasteiger partial charge in [-0.2, -0.15) is 0 Å². The Morgan fingerprint density at radius 3 is 2.46 bits per heavy atom. The van der Waals surface area contributed by atoms with Crippen LogP contribution in [0.15, 0.2) is 67.1 Å². The summed E-state index contributed by atoms with van der Waals surface area (Å²) in [5, 5.41) is 25.8. The molecule has 1 aliphatic carbocycles. The first-order valence-corrected chi connectivity index (χ1v) is 11.9. The lowest BCUT2D eigenvalue weighted by atomic mass is 10.1. The lowest BCUT2D eigenvalue weighted by Crippen LogP contribution is -2.32. The number of ether oxygens (including phenoxy) is 1. The van der Waals surface area contributed by atoms with Crippen LogP contribution in [0.5, 0.6) is 0 Å². The molecule has 2 aromatic carbocycles. The minimum Gasteiger partial charge on any atom is -0.387 e. The standard InChI is InChI=1S/C27H29N5O3/c1-31(2)14-17-8-10-19(11-9-17)30-24-21-20(18-6-4-3-5-7-18)15-32(25(21)29-16-28-24)26-22(33)23(34)27(35-26)12-13-27/h3-11,15-16,22-23,26,33-34H,12-14H2,1-2H3,(H,28,29,30)/t22-,23+,26-/m1/s1. The number of nitrogens with one attached hydrogen (secondary N) is 1. The summed E-state index contributed by atoms with van der Waals surface area (Å²) in [7, 11) is 4.10. The van der Waals surface area contributed by atoms with Crippen LogP contribution >= 0.6 is 0 Å². The molecule has 1 aliphatic heterocycles. The van der Waals surface area contributed by atoms with Crippen molar-refractivity contribution in [1.82, 2.24) is 19.4 Å². The number of hydrogen-bond donors (Lipinski definition) is 3. The Labute approximate surface area is 203 Å². The second-order valence-electron chi connectivity index (χ2n) is 9.81. The first-order valence-electron chi connectivity index (χ1n) is 11.9. The summed E-state index contributed by atoms with van der Waals surface area (Å²) in [6.45, 7) is 0.871. The van der Waals surface area contributed by atoms with Crippen LogP contribution in [0.3, 0.4) is 0 Å². The quantitative estimate of drug-likeness (QED) is 0.395. The monoisotopic (exact) mass is 471 g/mol. The Morgan fingerprint density at radius 2 is 1.80 bits per heavy atom. The van der Waals surface area contributed by atoms with E-state index in [1.807, 2.05) is 53.2 Å². The van der Waals surface area contributed by atoms with Gasteiger partial charge in [-0.1, -0.05) is 42.5 Å². The van der Waals surface area contributed by atoms with Gasteiger partial charge in [-0.3, -0.25) is 0 Å². The van der Waals surface area contributed by atoms with Crippen molar-refractivity contribution in [3.05, 3.63) is 72.7 Å². The van der Waals surface area contributed by atoms with E-state index in [2.05, 4.69) is 46.4 Å². The van der Waals surface area contributed by atoms with Crippen molar-refractivity contribution in [3.8, 4) is 11.1 Å². The summed E-state index contributed by atoms with van der Waals surface area (Å²) in [5.41, 5.74) is 4.07. The van der Waals surface area contributed by atoms with E-state index in [-0.39, 0.29) is 0 Å². The largest absolute Gasteiger partial charge is 0.387 e. The fourth-order valence-corrected chi connectivity index (χ4v) is 5.01. The highest BCUT2D eigenvalue weighted by Crippen LogP contribution is 2.53. The number of anilines is 2. The molecular weight excluding hydrogens is 442 g/mol. The molecule has 1 spiro atoms. The molecule has 8 nitrogen and oxygen atoms in total. The summed E-state index contributed by atoms with van der Waals surface area (Å²) in [5.74, 6) is 0.669. The first-order chi connectivity index (χ1) is 16.9. The Morgan fingerprint density at radius 1 is 1.06 bits per heavy atom. The number of benzene rings is 2. The summed E-state index contributed by atoms with van der Waals surface area (Å²) < 4.78 is 8.05. The number of rotatable bonds is 6. The maximum absolute atomic E-state index is 10.9. The van der Waals surface area contributed by atoms with E-state index in [1.54, 1.807) is 0 Å². The van der Waals surface area contributed by atoms with Crippen molar-refractivity contribution >= 4 is 22.5 Å². The summed E-state index contributed by atoms with van der Waals surface area (Å²) in [6.07, 6.45) is 2.29. The fraction of sp³-hybridized carbons (Fsp3) is 0.333. The zero-order valence-corrected chi connectivity index (χ0v) is 19.8. The van der Waals surface area contributed by atoms with Gasteiger partial charge in [0, 0.05) is 24.0 Å². The molecule has 6 rings (SSSR count). The van der Waals surface area contributed by atoms with Crippen molar-refractivity contribution in [2.75, 3.05) is 19.4 Å². The topological polar surface area (TPSA) is 95.7 Å². The highest BCUT2D eigenvalue weighted by Gasteiger charge is 2.62. The molecule has 3 N–H and O–H groups in total. The lowest BCUT2D eigenvalue weighted by molar-refractivity contribution is -0.0456. The molecule has 4 aromatic rings. The zero-order valence-electron chi connectivity index (χ0n) is 19.8. The highest BCUT2D eigenvalue weighted by molar-refractivity contribution is 6.02. The lowest BCUT2D eigenvalue weighted by Gasteiger charge is -2.17. The van der Waals surface area contributed by atoms with Gasteiger partial charge in [0.05, 0.1) is 11.0 Å². The van der Waals surface area contributed by atoms with E-state index in [1.165, 1.54) is 11.9 Å². The minimum absolute atomic E-state index is 0.638. The van der Waals surface area contributed by atoms with Crippen LogP contribution < -0.4 is 5.32 Å². The molecule has 35 heavy (non-hydrogen) atoms. The summed E-state index contributed by atoms with van der Waals surface area (Å²) in [4.78, 5) is 11.3. The van der Waals surface area contributed by atoms with Crippen LogP contribution in [-0.4, -0.2) is 61.6 Å². The number of hydrogen-bond acceptors (Lipinski definition) is 7. The molecule has 1 saturated carbocycles. The smallest absolute Gasteiger partial charge is 0.164 e. The van der Waals surface area contributed by atoms with Gasteiger partial charge >= 0.3 is 0 Å². The van der Waals surface area contributed by atoms with E-state index in [0.717, 1.165) is 41.6 Å². The van der Waals surface area contributed by atoms with Crippen LogP contribution in [0.2, 0.25) is 0 Å². The van der Waals surface area contributed by atoms with Gasteiger partial charge < -0.3 is 29.7 Å². The number of aromatic nitrogens is 3. The van der Waals surface area contributed by atoms with Crippen molar-refractivity contribution in [1.29, 1.82) is 0 Å². The Bertz CT molecular complexity index is 1350. The van der Waals surface area contributed by atoms with Gasteiger partial charge in [-0.05, 0) is 50.2 Å². The molecule has 3 atom stereocenters. The van der Waals surface area contributed by atoms with E-state index in [9.17, 15) is 10.2 Å². The van der Waals surface area contributed by atoms with Crippen LogP contribution in [0.1, 0.15) is 24.6 Å². The Balaban J connectivity index is 1.44. The number of nitrogens with zero attached hydrogens (tertiary/aromatic N) is 4. The van der Waals surface area contributed by atoms with E-state index >= 15 is 0 Å². The maximum atomic E-state index is 10.9. The number of aliphatic hydroxyl groups excluding tert-OH is 2. The van der Waals surface area contributed by atoms with Crippen LogP contribution in [-0.2, 0) is 11.3 Å². The molecule has 180 valence electrons. The molecule has 0 unspecified atom stereocenters. The SMILES string of the molecule is CN(C)Cc1ccc(Nc2ncnc3c2c(-c2ccccc2)cn3[C@@H]2OC3(CC3)[C@@H](O)[C@H]2O)cc1. The maximum Gasteiger partial charge on any atom is 0.164 e. The third kappa shape index (κ3) is 3.88. The van der Waals surface area contributed by atoms with Crippen LogP contribution in [0.4, 0.5) is 11.5 Å². The first kappa shape index (κ1) is 22.2. The average molecular weight is 472 g/mol. The van der Waals surface area contributed by atoms with Gasteiger partial charge in [0.25, 0.3) is 0 Å². The van der Waals surface area contributed by atoms with Gasteiger partial charge in [0.2, 0.25) is 0 Å². The predicted molar refractivity (Wildman–Crippen MR) is 134 cm³/mol. The van der Waals surface area contributed by atoms with Crippen LogP contribution in [0, 0.1) is 0 Å². The molecule has 2 aromatic heterocycles. The van der Waals surface area contributed by atoms with Crippen LogP contribution in [0.25, 0.3) is 22.2 Å². The van der Waals surface area contributed by atoms with Gasteiger partial charge in [0.1, 0.15) is 30.0 Å². The number of fused-ring (bicyclic) bond motifs is 1. The summed E-state index contributed by atoms with van der Waals surface area (Å²) >= 11 is 0. The van der Waals surface area contributed by atoms with Crippen molar-refractivity contribution in [3.63, 3.8) is 0 Å². The van der Waals surface area contributed by atoms with Crippen molar-refractivity contribution in [2.45, 2.75) is 43.4 Å². The molecule has 8 heteroatoms. The zero-order chi connectivity index (χ0) is 24.2. The Hall–Kier alpha value is -3.30. The minimum atomic E-state index is -1.03. The Kier molecular flexibility index (Phi) is 5.34. The molecular formula is C27H29N5O3. The molecule has 1 saturated heterocycles. The second kappa shape index (κ2) is 8.42. The molecule has 0 bridgehead atoms. The second-order valence-corrected chi connectivity index (χ2v) is 9.81. The molecule has 2 aliphatic rings. The van der Waals surface area contributed by atoms with E-state index in [4.69, 9.17) is 4.74 Å². The van der Waals surface area contributed by atoms with Gasteiger partial charge in [-0.15, -0.1) is 0 Å². The predicted octanol–water partition coefficient (Wildman–Crippen LogP) is 3.69. The molecule has 3 heterocycles. The van der Waals surface area contributed by atoms with Crippen molar-refractivity contribution in [2.24, 2.45) is 0 Å². The normalized spacial score (nSPS) is 22.8. The molecule has 0 radical (unpaired) electrons. The van der Waals surface area contributed by atoms with E-state index in [0.29, 0.717) is 11.5 Å². The van der Waals surface area contributed by atoms with Crippen molar-refractivity contribution < 1.29 is 14.9 Å². The third-order valence-corrected chi connectivity index (χ3v) is 6.94. The summed E-state index contributed by atoms with van der Waals surface area (Å²) in [6, 6.07) is 18.3.